The largest absolute Gasteiger partial charge is 0.493 e. The fourth-order valence-electron chi connectivity index (χ4n) is 6.90. The summed E-state index contributed by atoms with van der Waals surface area (Å²) in [6, 6.07) is 5.22. The number of hydrogen-bond donors (Lipinski definition) is 3. The molecule has 50 heavy (non-hydrogen) atoms. The number of aromatic amines is 1. The molecule has 1 saturated carbocycles. The van der Waals surface area contributed by atoms with Crippen molar-refractivity contribution in [2.45, 2.75) is 31.7 Å². The number of methoxy groups -OCH3 is 1. The Labute approximate surface area is 288 Å². The highest BCUT2D eigenvalue weighted by Crippen LogP contribution is 2.39. The van der Waals surface area contributed by atoms with Gasteiger partial charge >= 0.3 is 0 Å². The number of H-pyrrole nitrogens is 1. The number of benzene rings is 1. The Hall–Kier alpha value is -5.44. The lowest BCUT2D eigenvalue weighted by molar-refractivity contribution is -0.131. The molecule has 15 heteroatoms. The van der Waals surface area contributed by atoms with Gasteiger partial charge in [0.15, 0.2) is 17.4 Å². The van der Waals surface area contributed by atoms with E-state index < -0.39 is 11.6 Å². The number of rotatable bonds is 9. The van der Waals surface area contributed by atoms with E-state index in [0.717, 1.165) is 35.7 Å². The van der Waals surface area contributed by atoms with Crippen LogP contribution in [0.5, 0.6) is 5.75 Å². The van der Waals surface area contributed by atoms with Crippen molar-refractivity contribution in [3.63, 3.8) is 0 Å². The summed E-state index contributed by atoms with van der Waals surface area (Å²) in [6.07, 6.45) is 13.6. The molecule has 2 fully saturated rings. The van der Waals surface area contributed by atoms with Crippen LogP contribution in [-0.2, 0) is 4.79 Å². The second-order valence-electron chi connectivity index (χ2n) is 13.0. The van der Waals surface area contributed by atoms with Crippen molar-refractivity contribution in [2.75, 3.05) is 57.8 Å². The van der Waals surface area contributed by atoms with Gasteiger partial charge in [0.05, 0.1) is 31.1 Å². The van der Waals surface area contributed by atoms with Gasteiger partial charge in [0, 0.05) is 94.8 Å². The number of anilines is 1. The predicted molar refractivity (Wildman–Crippen MR) is 185 cm³/mol. The van der Waals surface area contributed by atoms with Crippen LogP contribution in [0.4, 0.5) is 14.6 Å². The molecular weight excluding hydrogens is 646 g/mol. The zero-order chi connectivity index (χ0) is 34.4. The van der Waals surface area contributed by atoms with Crippen molar-refractivity contribution in [3.8, 4) is 16.9 Å². The number of halogens is 2. The first-order valence-corrected chi connectivity index (χ1v) is 16.9. The standard InChI is InChI=1S/C35H38F2N10O3.H2/c1-50-30-15-24(36)19-38-34(30)43-11-13-44(14-12-43)35(49)29-17-28-26(23-18-40-47(21-23)25-4-5-25)16-27(32(37)33(28)41-29)22-3-2-8-45(20-22)31(48)6-9-46-10-7-39-42-46;/h3,7,10,15-19,21,25,39,41-42H,2,4-6,8-9,11-14,20H2,1H3;1H. The van der Waals surface area contributed by atoms with E-state index in [9.17, 15) is 14.0 Å². The number of amides is 2. The number of hydrazine groups is 2. The number of pyridine rings is 1. The Morgan fingerprint density at radius 2 is 1.88 bits per heavy atom. The average molecular weight is 687 g/mol. The summed E-state index contributed by atoms with van der Waals surface area (Å²) in [5.74, 6) is -0.347. The Bertz CT molecular complexity index is 2020. The molecule has 4 aromatic rings. The number of nitrogens with one attached hydrogen (secondary N) is 3. The highest BCUT2D eigenvalue weighted by molar-refractivity contribution is 6.04. The summed E-state index contributed by atoms with van der Waals surface area (Å²) in [5.41, 5.74) is 9.04. The minimum Gasteiger partial charge on any atom is -0.493 e. The number of aromatic nitrogens is 4. The van der Waals surface area contributed by atoms with E-state index in [1.165, 1.54) is 13.2 Å². The monoisotopic (exact) mass is 686 g/mol. The number of hydrogen-bond acceptors (Lipinski definition) is 9. The van der Waals surface area contributed by atoms with Crippen LogP contribution >= 0.6 is 0 Å². The molecule has 0 spiro atoms. The minimum absolute atomic E-state index is 0. The van der Waals surface area contributed by atoms with E-state index in [1.54, 1.807) is 33.3 Å². The molecular formula is C35H40F2N10O3. The van der Waals surface area contributed by atoms with Gasteiger partial charge in [-0.05, 0) is 42.5 Å². The van der Waals surface area contributed by atoms with Crippen LogP contribution in [-0.4, -0.2) is 99.3 Å². The fourth-order valence-corrected chi connectivity index (χ4v) is 6.90. The molecule has 8 rings (SSSR count). The summed E-state index contributed by atoms with van der Waals surface area (Å²) in [5, 5.41) is 6.98. The molecule has 1 saturated heterocycles. The predicted octanol–water partition coefficient (Wildman–Crippen LogP) is 4.06. The van der Waals surface area contributed by atoms with Gasteiger partial charge < -0.3 is 29.8 Å². The third-order valence-electron chi connectivity index (χ3n) is 9.76. The maximum Gasteiger partial charge on any atom is 0.270 e. The van der Waals surface area contributed by atoms with E-state index in [1.807, 2.05) is 34.1 Å². The molecule has 3 aromatic heterocycles. The number of nitrogens with zero attached hydrogens (tertiary/aromatic N) is 7. The normalized spacial score (nSPS) is 17.8. The molecule has 3 N–H and O–H groups in total. The van der Waals surface area contributed by atoms with Crippen LogP contribution in [0.3, 0.4) is 0 Å². The van der Waals surface area contributed by atoms with E-state index in [-0.39, 0.29) is 31.0 Å². The van der Waals surface area contributed by atoms with Crippen LogP contribution in [0.15, 0.2) is 55.3 Å². The molecule has 4 aliphatic rings. The van der Waals surface area contributed by atoms with Gasteiger partial charge in [0.2, 0.25) is 5.91 Å². The van der Waals surface area contributed by atoms with Gasteiger partial charge in [0.25, 0.3) is 5.91 Å². The molecule has 3 aliphatic heterocycles. The Morgan fingerprint density at radius 1 is 1.04 bits per heavy atom. The van der Waals surface area contributed by atoms with Crippen LogP contribution in [0.2, 0.25) is 0 Å². The maximum atomic E-state index is 16.6. The second-order valence-corrected chi connectivity index (χ2v) is 13.0. The zero-order valence-electron chi connectivity index (χ0n) is 27.7. The van der Waals surface area contributed by atoms with Gasteiger partial charge in [-0.15, -0.1) is 5.53 Å². The molecule has 1 aliphatic carbocycles. The Balaban J connectivity index is 0.00000406. The van der Waals surface area contributed by atoms with Crippen LogP contribution in [0, 0.1) is 11.6 Å². The molecule has 6 heterocycles. The van der Waals surface area contributed by atoms with Crippen molar-refractivity contribution in [2.24, 2.45) is 0 Å². The van der Waals surface area contributed by atoms with Gasteiger partial charge in [0.1, 0.15) is 11.5 Å². The average Bonchev–Trinajstić information content (AvgIpc) is 3.49. The summed E-state index contributed by atoms with van der Waals surface area (Å²) >= 11 is 0. The van der Waals surface area contributed by atoms with Crippen molar-refractivity contribution < 1.29 is 24.5 Å². The topological polar surface area (TPSA) is 127 Å². The zero-order valence-corrected chi connectivity index (χ0v) is 27.7. The molecule has 1 aromatic carbocycles. The van der Waals surface area contributed by atoms with E-state index in [2.05, 4.69) is 26.0 Å². The molecule has 0 atom stereocenters. The smallest absolute Gasteiger partial charge is 0.270 e. The number of carbonyl (C=O) groups is 2. The SMILES string of the molecule is COc1cc(F)cnc1N1CCN(C(=O)c2cc3c(-c4cnn(C5CC5)c4)cc(C4=CCCN(C(=O)CCN5C=CNN5)C4)c(F)c3[nH]2)CC1.[HH]. The molecule has 0 radical (unpaired) electrons. The van der Waals surface area contributed by atoms with Gasteiger partial charge in [-0.25, -0.2) is 13.8 Å². The van der Waals surface area contributed by atoms with Gasteiger partial charge in [-0.2, -0.15) is 5.10 Å². The second kappa shape index (κ2) is 13.1. The summed E-state index contributed by atoms with van der Waals surface area (Å²) in [4.78, 5) is 39.9. The number of ether oxygens (including phenoxy) is 1. The first-order chi connectivity index (χ1) is 24.4. The maximum absolute atomic E-state index is 16.6. The number of carbonyl (C=O) groups excluding carboxylic acids is 2. The summed E-state index contributed by atoms with van der Waals surface area (Å²) < 4.78 is 37.6. The van der Waals surface area contributed by atoms with E-state index in [4.69, 9.17) is 4.74 Å². The van der Waals surface area contributed by atoms with Crippen molar-refractivity contribution in [3.05, 3.63) is 78.2 Å². The summed E-state index contributed by atoms with van der Waals surface area (Å²) in [7, 11) is 1.47. The third kappa shape index (κ3) is 6.12. The van der Waals surface area contributed by atoms with Crippen molar-refractivity contribution >= 4 is 34.1 Å². The molecule has 13 nitrogen and oxygen atoms in total. The molecule has 262 valence electrons. The van der Waals surface area contributed by atoms with Gasteiger partial charge in [-0.3, -0.25) is 19.3 Å². The minimum atomic E-state index is -0.486. The number of piperazine rings is 1. The molecule has 0 unspecified atom stereocenters. The lowest BCUT2D eigenvalue weighted by atomic mass is 9.94. The lowest BCUT2D eigenvalue weighted by Gasteiger charge is -2.35. The van der Waals surface area contributed by atoms with Crippen LogP contribution < -0.4 is 20.6 Å². The highest BCUT2D eigenvalue weighted by Gasteiger charge is 2.30. The Morgan fingerprint density at radius 3 is 2.64 bits per heavy atom. The highest BCUT2D eigenvalue weighted by atomic mass is 19.1. The molecule has 2 amide bonds. The third-order valence-corrected chi connectivity index (χ3v) is 9.76. The van der Waals surface area contributed by atoms with E-state index >= 15 is 4.39 Å². The lowest BCUT2D eigenvalue weighted by Crippen LogP contribution is -2.49. The van der Waals surface area contributed by atoms with Crippen molar-refractivity contribution in [1.82, 2.24) is 45.5 Å². The summed E-state index contributed by atoms with van der Waals surface area (Å²) in [6.45, 7) is 3.07. The Kier molecular flexibility index (Phi) is 8.34. The fraction of sp³-hybridized carbons (Fsp3) is 0.371. The first kappa shape index (κ1) is 31.8. The van der Waals surface area contributed by atoms with Crippen molar-refractivity contribution in [1.29, 1.82) is 0 Å². The molecule has 0 bridgehead atoms. The van der Waals surface area contributed by atoms with Crippen LogP contribution in [0.1, 0.15) is 49.2 Å². The first-order valence-electron chi connectivity index (χ1n) is 16.9. The van der Waals surface area contributed by atoms with Crippen LogP contribution in [0.25, 0.3) is 27.6 Å². The quantitative estimate of drug-likeness (QED) is 0.239. The van der Waals surface area contributed by atoms with Gasteiger partial charge in [-0.1, -0.05) is 6.08 Å². The van der Waals surface area contributed by atoms with E-state index in [0.29, 0.717) is 80.7 Å². The number of fused-ring (bicyclic) bond motifs is 1.